The van der Waals surface area contributed by atoms with E-state index in [4.69, 9.17) is 0 Å². The van der Waals surface area contributed by atoms with Crippen LogP contribution in [0.1, 0.15) is 17.0 Å². The predicted molar refractivity (Wildman–Crippen MR) is 80.8 cm³/mol. The molecule has 2 rings (SSSR count). The fraction of sp³-hybridized carbons (Fsp3) is 0.133. The Hall–Kier alpha value is -1.94. The third kappa shape index (κ3) is 3.09. The molecule has 0 aliphatic rings. The molecule has 98 valence electrons. The van der Waals surface area contributed by atoms with Crippen molar-refractivity contribution in [1.82, 2.24) is 4.57 Å². The van der Waals surface area contributed by atoms with Gasteiger partial charge in [0, 0.05) is 34.6 Å². The zero-order valence-electron chi connectivity index (χ0n) is 10.8. The summed E-state index contributed by atoms with van der Waals surface area (Å²) in [5.74, 6) is 0.152. The van der Waals surface area contributed by atoms with Gasteiger partial charge in [-0.1, -0.05) is 6.07 Å². The van der Waals surface area contributed by atoms with Crippen LogP contribution in [0.3, 0.4) is 0 Å². The van der Waals surface area contributed by atoms with Crippen LogP contribution >= 0.6 is 12.6 Å². The maximum absolute atomic E-state index is 11.3. The van der Waals surface area contributed by atoms with Crippen molar-refractivity contribution in [3.63, 3.8) is 0 Å². The fourth-order valence-electron chi connectivity index (χ4n) is 1.91. The Labute approximate surface area is 117 Å². The molecule has 2 aromatic rings. The number of hydrogen-bond donors (Lipinski definition) is 2. The van der Waals surface area contributed by atoms with Crippen molar-refractivity contribution in [3.8, 4) is 5.75 Å². The molecule has 0 aliphatic heterocycles. The van der Waals surface area contributed by atoms with E-state index in [0.717, 1.165) is 17.0 Å². The van der Waals surface area contributed by atoms with Crippen molar-refractivity contribution < 1.29 is 5.11 Å². The lowest BCUT2D eigenvalue weighted by Gasteiger charge is -2.08. The topological polar surface area (TPSA) is 42.2 Å². The molecule has 19 heavy (non-hydrogen) atoms. The molecule has 1 aromatic heterocycles. The average Bonchev–Trinajstić information content (AvgIpc) is 2.32. The van der Waals surface area contributed by atoms with E-state index in [1.807, 2.05) is 36.8 Å². The molecule has 0 fully saturated rings. The molecular weight excluding hydrogens is 258 g/mol. The van der Waals surface area contributed by atoms with Gasteiger partial charge in [-0.05, 0) is 37.6 Å². The molecule has 0 unspecified atom stereocenters. The summed E-state index contributed by atoms with van der Waals surface area (Å²) < 4.78 is 1.92. The summed E-state index contributed by atoms with van der Waals surface area (Å²) in [7, 11) is 0. The fourth-order valence-corrected chi connectivity index (χ4v) is 2.05. The minimum atomic E-state index is 0.0109. The second-order valence-corrected chi connectivity index (χ2v) is 4.89. The maximum Gasteiger partial charge on any atom is 0.182 e. The lowest BCUT2D eigenvalue weighted by atomic mass is 10.2. The van der Waals surface area contributed by atoms with Gasteiger partial charge >= 0.3 is 0 Å². The van der Waals surface area contributed by atoms with Gasteiger partial charge in [-0.15, -0.1) is 12.6 Å². The number of benzene rings is 1. The highest BCUT2D eigenvalue weighted by Crippen LogP contribution is 2.22. The Morgan fingerprint density at radius 2 is 1.79 bits per heavy atom. The van der Waals surface area contributed by atoms with Crippen molar-refractivity contribution in [3.05, 3.63) is 57.5 Å². The number of aromatic nitrogens is 1. The van der Waals surface area contributed by atoms with Crippen LogP contribution in [0.2, 0.25) is 0 Å². The SMILES string of the molecule is Cc1cc(=O)cc(C)n1/C=C/c1ccc(S)c(O)c1. The summed E-state index contributed by atoms with van der Waals surface area (Å²) in [6.45, 7) is 3.76. The standard InChI is InChI=1S/C15H15NO2S/c1-10-7-13(17)8-11(2)16(10)6-5-12-3-4-15(19)14(18)9-12/h3-9,18-19H,1-2H3/b6-5+. The molecular formula is C15H15NO2S. The summed E-state index contributed by atoms with van der Waals surface area (Å²) in [6.07, 6.45) is 3.74. The minimum absolute atomic E-state index is 0.0109. The molecule has 0 radical (unpaired) electrons. The van der Waals surface area contributed by atoms with Gasteiger partial charge in [0.25, 0.3) is 0 Å². The Balaban J connectivity index is 2.38. The highest BCUT2D eigenvalue weighted by molar-refractivity contribution is 7.80. The van der Waals surface area contributed by atoms with E-state index < -0.39 is 0 Å². The molecule has 1 aromatic carbocycles. The minimum Gasteiger partial charge on any atom is -0.507 e. The van der Waals surface area contributed by atoms with E-state index >= 15 is 0 Å². The number of phenols is 1. The van der Waals surface area contributed by atoms with Crippen molar-refractivity contribution in [2.24, 2.45) is 0 Å². The third-order valence-electron chi connectivity index (χ3n) is 2.88. The van der Waals surface area contributed by atoms with E-state index in [2.05, 4.69) is 12.6 Å². The second kappa shape index (κ2) is 5.36. The van der Waals surface area contributed by atoms with Crippen molar-refractivity contribution >= 4 is 24.9 Å². The largest absolute Gasteiger partial charge is 0.507 e. The smallest absolute Gasteiger partial charge is 0.182 e. The van der Waals surface area contributed by atoms with Gasteiger partial charge in [0.15, 0.2) is 5.43 Å². The molecule has 1 N–H and O–H groups in total. The number of thiol groups is 1. The van der Waals surface area contributed by atoms with Crippen LogP contribution in [0.4, 0.5) is 0 Å². The van der Waals surface area contributed by atoms with Crippen molar-refractivity contribution in [1.29, 1.82) is 0 Å². The first-order valence-corrected chi connectivity index (χ1v) is 6.32. The predicted octanol–water partition coefficient (Wildman–Crippen LogP) is 3.09. The molecule has 0 amide bonds. The van der Waals surface area contributed by atoms with Crippen LogP contribution < -0.4 is 5.43 Å². The molecule has 0 atom stereocenters. The summed E-state index contributed by atoms with van der Waals surface area (Å²) in [4.78, 5) is 11.9. The zero-order chi connectivity index (χ0) is 14.0. The van der Waals surface area contributed by atoms with Crippen LogP contribution in [0.15, 0.2) is 40.0 Å². The van der Waals surface area contributed by atoms with Crippen molar-refractivity contribution in [2.45, 2.75) is 18.7 Å². The van der Waals surface area contributed by atoms with Gasteiger partial charge in [0.05, 0.1) is 0 Å². The molecule has 0 saturated carbocycles. The van der Waals surface area contributed by atoms with E-state index in [9.17, 15) is 9.90 Å². The number of aromatic hydroxyl groups is 1. The second-order valence-electron chi connectivity index (χ2n) is 4.41. The molecule has 4 heteroatoms. The van der Waals surface area contributed by atoms with Crippen molar-refractivity contribution in [2.75, 3.05) is 0 Å². The lowest BCUT2D eigenvalue weighted by molar-refractivity contribution is 0.462. The lowest BCUT2D eigenvalue weighted by Crippen LogP contribution is -2.08. The summed E-state index contributed by atoms with van der Waals surface area (Å²) in [5, 5.41) is 9.58. The first-order valence-electron chi connectivity index (χ1n) is 5.87. The first-order chi connectivity index (χ1) is 8.97. The number of pyridine rings is 1. The molecule has 0 aliphatic carbocycles. The number of phenolic OH excluding ortho intramolecular Hbond substituents is 1. The van der Waals surface area contributed by atoms with Gasteiger partial charge in [0.1, 0.15) is 5.75 Å². The molecule has 0 saturated heterocycles. The maximum atomic E-state index is 11.3. The number of nitrogens with zero attached hydrogens (tertiary/aromatic N) is 1. The van der Waals surface area contributed by atoms with E-state index in [0.29, 0.717) is 4.90 Å². The van der Waals surface area contributed by atoms with Gasteiger partial charge in [-0.3, -0.25) is 4.79 Å². The molecule has 1 heterocycles. The van der Waals surface area contributed by atoms with E-state index in [-0.39, 0.29) is 11.2 Å². The highest BCUT2D eigenvalue weighted by Gasteiger charge is 1.99. The molecule has 0 spiro atoms. The van der Waals surface area contributed by atoms with Crippen LogP contribution in [-0.2, 0) is 0 Å². The Morgan fingerprint density at radius 1 is 1.16 bits per heavy atom. The molecule has 3 nitrogen and oxygen atoms in total. The van der Waals surface area contributed by atoms with Gasteiger partial charge < -0.3 is 9.67 Å². The van der Waals surface area contributed by atoms with E-state index in [1.165, 1.54) is 0 Å². The number of aryl methyl sites for hydroxylation is 2. The van der Waals surface area contributed by atoms with E-state index in [1.54, 1.807) is 24.3 Å². The quantitative estimate of drug-likeness (QED) is 0.826. The highest BCUT2D eigenvalue weighted by atomic mass is 32.1. The summed E-state index contributed by atoms with van der Waals surface area (Å²) >= 11 is 4.11. The Morgan fingerprint density at radius 3 is 2.37 bits per heavy atom. The summed E-state index contributed by atoms with van der Waals surface area (Å²) in [5.41, 5.74) is 2.62. The Kier molecular flexibility index (Phi) is 3.81. The zero-order valence-corrected chi connectivity index (χ0v) is 11.7. The average molecular weight is 273 g/mol. The van der Waals surface area contributed by atoms with Gasteiger partial charge in [-0.25, -0.2) is 0 Å². The number of rotatable bonds is 2. The van der Waals surface area contributed by atoms with Crippen LogP contribution in [0.25, 0.3) is 12.3 Å². The van der Waals surface area contributed by atoms with Crippen LogP contribution in [0.5, 0.6) is 5.75 Å². The Bertz CT molecular complexity index is 676. The molecule has 0 bridgehead atoms. The van der Waals surface area contributed by atoms with Crippen LogP contribution in [0, 0.1) is 13.8 Å². The van der Waals surface area contributed by atoms with Crippen LogP contribution in [-0.4, -0.2) is 9.67 Å². The summed E-state index contributed by atoms with van der Waals surface area (Å²) in [6, 6.07) is 8.43. The first kappa shape index (κ1) is 13.5. The van der Waals surface area contributed by atoms with Gasteiger partial charge in [0.2, 0.25) is 0 Å². The van der Waals surface area contributed by atoms with Gasteiger partial charge in [-0.2, -0.15) is 0 Å². The monoisotopic (exact) mass is 273 g/mol. The number of hydrogen-bond acceptors (Lipinski definition) is 3. The third-order valence-corrected chi connectivity index (χ3v) is 3.26. The normalized spacial score (nSPS) is 11.1.